The highest BCUT2D eigenvalue weighted by Gasteiger charge is 2.29. The first kappa shape index (κ1) is 19.0. The minimum atomic E-state index is -0.342. The molecule has 2 aromatic carbocycles. The zero-order chi connectivity index (χ0) is 21.4. The Kier molecular flexibility index (Phi) is 4.71. The second-order valence-corrected chi connectivity index (χ2v) is 7.53. The monoisotopic (exact) mass is 412 g/mol. The summed E-state index contributed by atoms with van der Waals surface area (Å²) in [6.45, 7) is 0. The second-order valence-electron chi connectivity index (χ2n) is 7.53. The number of carbonyl (C=O) groups excluding carboxylic acids is 2. The molecular formula is C24H20N4O3. The van der Waals surface area contributed by atoms with E-state index in [-0.39, 0.29) is 11.8 Å². The van der Waals surface area contributed by atoms with E-state index in [4.69, 9.17) is 4.52 Å². The van der Waals surface area contributed by atoms with Crippen LogP contribution in [0.2, 0.25) is 0 Å². The SMILES string of the molecule is CNC(=O)c1ccccc1NC(=O)c1cc(C2CC2)nc2onc(-c3ccccc3)c12. The minimum absolute atomic E-state index is 0.274. The fraction of sp³-hybridized carbons (Fsp3) is 0.167. The number of anilines is 1. The summed E-state index contributed by atoms with van der Waals surface area (Å²) < 4.78 is 5.54. The van der Waals surface area contributed by atoms with Crippen molar-refractivity contribution in [2.24, 2.45) is 0 Å². The second kappa shape index (κ2) is 7.68. The highest BCUT2D eigenvalue weighted by molar-refractivity contribution is 6.16. The molecule has 1 aliphatic rings. The zero-order valence-corrected chi connectivity index (χ0v) is 16.9. The number of hydrogen-bond acceptors (Lipinski definition) is 5. The Balaban J connectivity index is 1.62. The topological polar surface area (TPSA) is 97.1 Å². The molecule has 7 heteroatoms. The van der Waals surface area contributed by atoms with Crippen molar-refractivity contribution in [3.05, 3.63) is 77.5 Å². The van der Waals surface area contributed by atoms with Crippen molar-refractivity contribution in [3.8, 4) is 11.3 Å². The third-order valence-electron chi connectivity index (χ3n) is 5.40. The number of benzene rings is 2. The average Bonchev–Trinajstić information content (AvgIpc) is 3.58. The predicted molar refractivity (Wildman–Crippen MR) is 117 cm³/mol. The van der Waals surface area contributed by atoms with Gasteiger partial charge in [-0.15, -0.1) is 0 Å². The molecule has 0 spiro atoms. The Morgan fingerprint density at radius 1 is 0.968 bits per heavy atom. The highest BCUT2D eigenvalue weighted by Crippen LogP contribution is 2.41. The van der Waals surface area contributed by atoms with Crippen molar-refractivity contribution < 1.29 is 14.1 Å². The molecule has 31 heavy (non-hydrogen) atoms. The molecule has 0 bridgehead atoms. The summed E-state index contributed by atoms with van der Waals surface area (Å²) in [4.78, 5) is 30.3. The molecule has 7 nitrogen and oxygen atoms in total. The molecule has 154 valence electrons. The molecule has 0 aliphatic heterocycles. The molecule has 2 aromatic heterocycles. The molecule has 0 atom stereocenters. The minimum Gasteiger partial charge on any atom is -0.355 e. The molecule has 1 saturated carbocycles. The Hall–Kier alpha value is -4.00. The number of aromatic nitrogens is 2. The Labute approximate surface area is 178 Å². The summed E-state index contributed by atoms with van der Waals surface area (Å²) in [5.74, 6) is -0.283. The van der Waals surface area contributed by atoms with Gasteiger partial charge in [0.05, 0.1) is 22.2 Å². The van der Waals surface area contributed by atoms with Gasteiger partial charge in [-0.2, -0.15) is 0 Å². The standard InChI is InChI=1S/C24H20N4O3/c1-25-22(29)16-9-5-6-10-18(16)26-23(30)17-13-19(14-11-12-14)27-24-20(17)21(28-31-24)15-7-3-2-4-8-15/h2-10,13-14H,11-12H2,1H3,(H,25,29)(H,26,30). The van der Waals surface area contributed by atoms with Gasteiger partial charge in [0.1, 0.15) is 5.69 Å². The van der Waals surface area contributed by atoms with Gasteiger partial charge in [0.2, 0.25) is 0 Å². The van der Waals surface area contributed by atoms with E-state index in [0.29, 0.717) is 39.5 Å². The van der Waals surface area contributed by atoms with E-state index in [1.807, 2.05) is 36.4 Å². The fourth-order valence-corrected chi connectivity index (χ4v) is 3.64. The van der Waals surface area contributed by atoms with Crippen molar-refractivity contribution in [1.29, 1.82) is 0 Å². The van der Waals surface area contributed by atoms with Crippen LogP contribution >= 0.6 is 0 Å². The Bertz CT molecular complexity index is 1290. The molecule has 0 saturated heterocycles. The molecule has 1 fully saturated rings. The van der Waals surface area contributed by atoms with Gasteiger partial charge in [0, 0.05) is 24.2 Å². The van der Waals surface area contributed by atoms with Crippen molar-refractivity contribution >= 4 is 28.6 Å². The molecule has 0 radical (unpaired) electrons. The van der Waals surface area contributed by atoms with Crippen LogP contribution in [-0.4, -0.2) is 29.0 Å². The fourth-order valence-electron chi connectivity index (χ4n) is 3.64. The summed E-state index contributed by atoms with van der Waals surface area (Å²) in [5.41, 5.74) is 3.82. The Morgan fingerprint density at radius 2 is 1.71 bits per heavy atom. The van der Waals surface area contributed by atoms with E-state index in [1.54, 1.807) is 31.3 Å². The number of hydrogen-bond donors (Lipinski definition) is 2. The lowest BCUT2D eigenvalue weighted by molar-refractivity contribution is 0.0964. The van der Waals surface area contributed by atoms with Gasteiger partial charge < -0.3 is 15.2 Å². The van der Waals surface area contributed by atoms with Crippen molar-refractivity contribution in [1.82, 2.24) is 15.5 Å². The summed E-state index contributed by atoms with van der Waals surface area (Å²) in [6.07, 6.45) is 2.08. The number of nitrogens with one attached hydrogen (secondary N) is 2. The van der Waals surface area contributed by atoms with Crippen LogP contribution in [0, 0.1) is 0 Å². The molecule has 2 heterocycles. The largest absolute Gasteiger partial charge is 0.355 e. The number of fused-ring (bicyclic) bond motifs is 1. The number of nitrogens with zero attached hydrogens (tertiary/aromatic N) is 2. The van der Waals surface area contributed by atoms with E-state index < -0.39 is 0 Å². The van der Waals surface area contributed by atoms with Gasteiger partial charge in [0.25, 0.3) is 17.5 Å². The summed E-state index contributed by atoms with van der Waals surface area (Å²) in [6, 6.07) is 18.3. The van der Waals surface area contributed by atoms with E-state index >= 15 is 0 Å². The molecule has 2 N–H and O–H groups in total. The smallest absolute Gasteiger partial charge is 0.259 e. The normalized spacial score (nSPS) is 13.2. The number of pyridine rings is 1. The van der Waals surface area contributed by atoms with Crippen LogP contribution in [0.5, 0.6) is 0 Å². The summed E-state index contributed by atoms with van der Waals surface area (Å²) >= 11 is 0. The lowest BCUT2D eigenvalue weighted by Crippen LogP contribution is -2.21. The van der Waals surface area contributed by atoms with E-state index in [2.05, 4.69) is 20.8 Å². The molecule has 1 aliphatic carbocycles. The number of rotatable bonds is 5. The van der Waals surface area contributed by atoms with Crippen LogP contribution in [0.15, 0.2) is 65.2 Å². The van der Waals surface area contributed by atoms with Crippen molar-refractivity contribution in [2.45, 2.75) is 18.8 Å². The van der Waals surface area contributed by atoms with Gasteiger partial charge in [-0.1, -0.05) is 47.6 Å². The first-order valence-corrected chi connectivity index (χ1v) is 10.1. The summed E-state index contributed by atoms with van der Waals surface area (Å²) in [5, 5.41) is 10.3. The predicted octanol–water partition coefficient (Wildman–Crippen LogP) is 4.38. The lowest BCUT2D eigenvalue weighted by atomic mass is 10.0. The highest BCUT2D eigenvalue weighted by atomic mass is 16.5. The van der Waals surface area contributed by atoms with Crippen LogP contribution < -0.4 is 10.6 Å². The third kappa shape index (κ3) is 3.54. The maximum atomic E-state index is 13.4. The van der Waals surface area contributed by atoms with Crippen LogP contribution in [0.3, 0.4) is 0 Å². The number of amides is 2. The molecule has 0 unspecified atom stereocenters. The van der Waals surface area contributed by atoms with Crippen LogP contribution in [-0.2, 0) is 0 Å². The molecule has 5 rings (SSSR count). The van der Waals surface area contributed by atoms with Crippen molar-refractivity contribution in [3.63, 3.8) is 0 Å². The van der Waals surface area contributed by atoms with E-state index in [9.17, 15) is 9.59 Å². The van der Waals surface area contributed by atoms with Gasteiger partial charge in [-0.05, 0) is 31.0 Å². The summed E-state index contributed by atoms with van der Waals surface area (Å²) in [7, 11) is 1.55. The van der Waals surface area contributed by atoms with Crippen molar-refractivity contribution in [2.75, 3.05) is 12.4 Å². The molecule has 2 amide bonds. The molecule has 4 aromatic rings. The zero-order valence-electron chi connectivity index (χ0n) is 16.9. The third-order valence-corrected chi connectivity index (χ3v) is 5.40. The van der Waals surface area contributed by atoms with Gasteiger partial charge in [-0.3, -0.25) is 9.59 Å². The van der Waals surface area contributed by atoms with E-state index in [1.165, 1.54) is 0 Å². The van der Waals surface area contributed by atoms with Gasteiger partial charge >= 0.3 is 0 Å². The maximum Gasteiger partial charge on any atom is 0.259 e. The maximum absolute atomic E-state index is 13.4. The molecular weight excluding hydrogens is 392 g/mol. The van der Waals surface area contributed by atoms with Gasteiger partial charge in [-0.25, -0.2) is 4.98 Å². The first-order chi connectivity index (χ1) is 15.2. The van der Waals surface area contributed by atoms with E-state index in [0.717, 1.165) is 24.1 Å². The first-order valence-electron chi connectivity index (χ1n) is 10.1. The lowest BCUT2D eigenvalue weighted by Gasteiger charge is -2.11. The quantitative estimate of drug-likeness (QED) is 0.507. The number of carbonyl (C=O) groups is 2. The number of para-hydroxylation sites is 1. The van der Waals surface area contributed by atoms with Crippen LogP contribution in [0.1, 0.15) is 45.2 Å². The Morgan fingerprint density at radius 3 is 2.45 bits per heavy atom. The van der Waals surface area contributed by atoms with Crippen LogP contribution in [0.25, 0.3) is 22.4 Å². The van der Waals surface area contributed by atoms with Crippen LogP contribution in [0.4, 0.5) is 5.69 Å². The van der Waals surface area contributed by atoms with Gasteiger partial charge in [0.15, 0.2) is 0 Å². The average molecular weight is 412 g/mol.